The van der Waals surface area contributed by atoms with Crippen molar-refractivity contribution in [2.45, 2.75) is 39.7 Å². The summed E-state index contributed by atoms with van der Waals surface area (Å²) in [6, 6.07) is -0.0107. The predicted molar refractivity (Wildman–Crippen MR) is 77.7 cm³/mol. The van der Waals surface area contributed by atoms with Crippen molar-refractivity contribution >= 4 is 0 Å². The van der Waals surface area contributed by atoms with Crippen LogP contribution in [-0.4, -0.2) is 26.5 Å². The number of nitrogens with one attached hydrogen (secondary N) is 3. The molecule has 0 saturated heterocycles. The van der Waals surface area contributed by atoms with Gasteiger partial charge in [0.2, 0.25) is 0 Å². The van der Waals surface area contributed by atoms with Crippen molar-refractivity contribution in [3.05, 3.63) is 45.7 Å². The standard InChI is InChI=1S/C14H21N5O/c1-9(13-10(2)18-11(3)19-14(13)20)15-6-4-5-12-16-7-8-17-12/h7-9,15H,4-6H2,1-3H3,(H,16,17)(H,18,19,20). The minimum Gasteiger partial charge on any atom is -0.349 e. The Hall–Kier alpha value is -1.95. The lowest BCUT2D eigenvalue weighted by molar-refractivity contribution is 0.545. The highest BCUT2D eigenvalue weighted by Crippen LogP contribution is 2.10. The third kappa shape index (κ3) is 3.54. The number of imidazole rings is 1. The molecule has 3 N–H and O–H groups in total. The largest absolute Gasteiger partial charge is 0.349 e. The molecule has 0 aliphatic heterocycles. The zero-order valence-electron chi connectivity index (χ0n) is 12.2. The molecule has 2 rings (SSSR count). The van der Waals surface area contributed by atoms with Crippen LogP contribution < -0.4 is 10.9 Å². The predicted octanol–water partition coefficient (Wildman–Crippen LogP) is 1.39. The topological polar surface area (TPSA) is 86.5 Å². The number of rotatable bonds is 6. The van der Waals surface area contributed by atoms with Gasteiger partial charge >= 0.3 is 0 Å². The van der Waals surface area contributed by atoms with Crippen LogP contribution in [0.25, 0.3) is 0 Å². The van der Waals surface area contributed by atoms with Crippen LogP contribution in [0.2, 0.25) is 0 Å². The van der Waals surface area contributed by atoms with Crippen LogP contribution in [0.3, 0.4) is 0 Å². The molecule has 0 spiro atoms. The quantitative estimate of drug-likeness (QED) is 0.695. The Balaban J connectivity index is 1.89. The van der Waals surface area contributed by atoms with E-state index in [0.29, 0.717) is 11.4 Å². The van der Waals surface area contributed by atoms with E-state index in [1.165, 1.54) is 0 Å². The number of aryl methyl sites for hydroxylation is 3. The van der Waals surface area contributed by atoms with Gasteiger partial charge in [0, 0.05) is 30.6 Å². The molecule has 0 saturated carbocycles. The van der Waals surface area contributed by atoms with E-state index in [4.69, 9.17) is 0 Å². The lowest BCUT2D eigenvalue weighted by atomic mass is 10.1. The first-order valence-electron chi connectivity index (χ1n) is 6.87. The van der Waals surface area contributed by atoms with Gasteiger partial charge in [0.15, 0.2) is 0 Å². The summed E-state index contributed by atoms with van der Waals surface area (Å²) in [5.41, 5.74) is 1.45. The van der Waals surface area contributed by atoms with Crippen molar-refractivity contribution in [3.63, 3.8) is 0 Å². The fourth-order valence-electron chi connectivity index (χ4n) is 2.36. The Kier molecular flexibility index (Phi) is 4.68. The molecule has 0 aliphatic carbocycles. The Morgan fingerprint density at radius 1 is 1.40 bits per heavy atom. The second-order valence-corrected chi connectivity index (χ2v) is 4.97. The average Bonchev–Trinajstić information content (AvgIpc) is 2.86. The van der Waals surface area contributed by atoms with Gasteiger partial charge < -0.3 is 15.3 Å². The van der Waals surface area contributed by atoms with Crippen LogP contribution in [0.15, 0.2) is 17.2 Å². The van der Waals surface area contributed by atoms with E-state index in [0.717, 1.165) is 30.9 Å². The van der Waals surface area contributed by atoms with Crippen molar-refractivity contribution in [2.24, 2.45) is 0 Å². The fraction of sp³-hybridized carbons (Fsp3) is 0.500. The zero-order valence-corrected chi connectivity index (χ0v) is 12.2. The third-order valence-electron chi connectivity index (χ3n) is 3.29. The van der Waals surface area contributed by atoms with Crippen molar-refractivity contribution in [1.82, 2.24) is 25.3 Å². The fourth-order valence-corrected chi connectivity index (χ4v) is 2.36. The van der Waals surface area contributed by atoms with E-state index in [9.17, 15) is 4.79 Å². The summed E-state index contributed by atoms with van der Waals surface area (Å²) >= 11 is 0. The summed E-state index contributed by atoms with van der Waals surface area (Å²) in [5, 5.41) is 3.36. The first-order valence-corrected chi connectivity index (χ1v) is 6.87. The molecule has 0 fully saturated rings. The van der Waals surface area contributed by atoms with E-state index >= 15 is 0 Å². The summed E-state index contributed by atoms with van der Waals surface area (Å²) in [7, 11) is 0. The monoisotopic (exact) mass is 275 g/mol. The molecule has 20 heavy (non-hydrogen) atoms. The summed E-state index contributed by atoms with van der Waals surface area (Å²) in [6.07, 6.45) is 5.45. The molecule has 0 amide bonds. The Bertz CT molecular complexity index is 603. The second-order valence-electron chi connectivity index (χ2n) is 4.97. The number of aromatic nitrogens is 4. The van der Waals surface area contributed by atoms with Crippen molar-refractivity contribution in [1.29, 1.82) is 0 Å². The Morgan fingerprint density at radius 3 is 2.85 bits per heavy atom. The minimum absolute atomic E-state index is 0.0107. The SMILES string of the molecule is Cc1nc(C)c(C(C)NCCCc2ncc[nH]2)c(=O)[nH]1. The van der Waals surface area contributed by atoms with Crippen LogP contribution in [0.4, 0.5) is 0 Å². The summed E-state index contributed by atoms with van der Waals surface area (Å²) in [4.78, 5) is 26.3. The molecule has 0 bridgehead atoms. The number of nitrogens with zero attached hydrogens (tertiary/aromatic N) is 2. The van der Waals surface area contributed by atoms with Crippen molar-refractivity contribution in [2.75, 3.05) is 6.54 Å². The molecule has 6 heteroatoms. The van der Waals surface area contributed by atoms with Gasteiger partial charge in [-0.25, -0.2) is 9.97 Å². The van der Waals surface area contributed by atoms with Gasteiger partial charge in [-0.15, -0.1) is 0 Å². The zero-order chi connectivity index (χ0) is 14.5. The van der Waals surface area contributed by atoms with Gasteiger partial charge in [-0.05, 0) is 33.7 Å². The minimum atomic E-state index is -0.0546. The second kappa shape index (κ2) is 6.47. The van der Waals surface area contributed by atoms with E-state index in [2.05, 4.69) is 25.3 Å². The number of aromatic amines is 2. The first kappa shape index (κ1) is 14.5. The van der Waals surface area contributed by atoms with Crippen LogP contribution in [0.1, 0.15) is 42.3 Å². The molecule has 2 aromatic heterocycles. The van der Waals surface area contributed by atoms with Crippen LogP contribution in [0, 0.1) is 13.8 Å². The number of hydrogen-bond acceptors (Lipinski definition) is 4. The third-order valence-corrected chi connectivity index (χ3v) is 3.29. The highest BCUT2D eigenvalue weighted by Gasteiger charge is 2.13. The summed E-state index contributed by atoms with van der Waals surface area (Å²) in [5.74, 6) is 1.65. The molecule has 0 aliphatic rings. The molecule has 2 aromatic rings. The van der Waals surface area contributed by atoms with Gasteiger partial charge in [0.25, 0.3) is 5.56 Å². The average molecular weight is 275 g/mol. The highest BCUT2D eigenvalue weighted by molar-refractivity contribution is 5.19. The van der Waals surface area contributed by atoms with Crippen molar-refractivity contribution < 1.29 is 0 Å². The van der Waals surface area contributed by atoms with Crippen LogP contribution in [0.5, 0.6) is 0 Å². The Morgan fingerprint density at radius 2 is 2.20 bits per heavy atom. The molecule has 1 unspecified atom stereocenters. The maximum atomic E-state index is 12.0. The first-order chi connectivity index (χ1) is 9.58. The highest BCUT2D eigenvalue weighted by atomic mass is 16.1. The lowest BCUT2D eigenvalue weighted by Gasteiger charge is -2.15. The van der Waals surface area contributed by atoms with Crippen LogP contribution >= 0.6 is 0 Å². The molecule has 1 atom stereocenters. The normalized spacial score (nSPS) is 12.6. The molecule has 108 valence electrons. The maximum Gasteiger partial charge on any atom is 0.255 e. The Labute approximate surface area is 118 Å². The number of hydrogen-bond donors (Lipinski definition) is 3. The molecule has 0 aromatic carbocycles. The van der Waals surface area contributed by atoms with E-state index < -0.39 is 0 Å². The summed E-state index contributed by atoms with van der Waals surface area (Å²) in [6.45, 7) is 6.48. The van der Waals surface area contributed by atoms with Gasteiger partial charge in [-0.3, -0.25) is 4.79 Å². The van der Waals surface area contributed by atoms with E-state index in [-0.39, 0.29) is 11.6 Å². The van der Waals surface area contributed by atoms with Gasteiger partial charge in [-0.1, -0.05) is 0 Å². The van der Waals surface area contributed by atoms with Crippen LogP contribution in [-0.2, 0) is 6.42 Å². The molecule has 6 nitrogen and oxygen atoms in total. The van der Waals surface area contributed by atoms with Crippen molar-refractivity contribution in [3.8, 4) is 0 Å². The molecular formula is C14H21N5O. The van der Waals surface area contributed by atoms with Gasteiger partial charge in [0.1, 0.15) is 11.6 Å². The van der Waals surface area contributed by atoms with E-state index in [1.807, 2.05) is 20.0 Å². The summed E-state index contributed by atoms with van der Waals surface area (Å²) < 4.78 is 0. The number of H-pyrrole nitrogens is 2. The maximum absolute atomic E-state index is 12.0. The van der Waals surface area contributed by atoms with Gasteiger partial charge in [-0.2, -0.15) is 0 Å². The molecule has 0 radical (unpaired) electrons. The molecule has 2 heterocycles. The smallest absolute Gasteiger partial charge is 0.255 e. The lowest BCUT2D eigenvalue weighted by Crippen LogP contribution is -2.28. The van der Waals surface area contributed by atoms with E-state index in [1.54, 1.807) is 13.1 Å². The molecular weight excluding hydrogens is 254 g/mol. The van der Waals surface area contributed by atoms with Gasteiger partial charge in [0.05, 0.1) is 5.56 Å².